The lowest BCUT2D eigenvalue weighted by atomic mass is 10.1. The Bertz CT molecular complexity index is 750. The molecule has 2 aromatic carbocycles. The number of nitrogens with one attached hydrogen (secondary N) is 1. The first-order valence-corrected chi connectivity index (χ1v) is 7.92. The molecule has 0 amide bonds. The van der Waals surface area contributed by atoms with Gasteiger partial charge in [-0.25, -0.2) is 17.5 Å². The fraction of sp³-hybridized carbons (Fsp3) is 0.143. The third-order valence-corrected chi connectivity index (χ3v) is 4.71. The molecule has 0 bridgehead atoms. The van der Waals surface area contributed by atoms with Crippen LogP contribution in [-0.4, -0.2) is 13.5 Å². The zero-order valence-electron chi connectivity index (χ0n) is 10.9. The summed E-state index contributed by atoms with van der Waals surface area (Å²) >= 11 is 5.79. The SMILES string of the molecule is O=S(=O)(NCc1cccc(CO)c1)c1cc(F)ccc1Cl. The quantitative estimate of drug-likeness (QED) is 0.885. The molecule has 0 aromatic heterocycles. The molecule has 0 fully saturated rings. The molecule has 0 spiro atoms. The van der Waals surface area contributed by atoms with Gasteiger partial charge in [-0.1, -0.05) is 35.9 Å². The van der Waals surface area contributed by atoms with Crippen LogP contribution in [0.25, 0.3) is 0 Å². The molecule has 2 rings (SSSR count). The van der Waals surface area contributed by atoms with E-state index in [0.29, 0.717) is 11.1 Å². The highest BCUT2D eigenvalue weighted by atomic mass is 35.5. The Morgan fingerprint density at radius 3 is 2.57 bits per heavy atom. The summed E-state index contributed by atoms with van der Waals surface area (Å²) in [6.45, 7) is -0.112. The Morgan fingerprint density at radius 2 is 1.86 bits per heavy atom. The van der Waals surface area contributed by atoms with E-state index in [9.17, 15) is 12.8 Å². The monoisotopic (exact) mass is 329 g/mol. The molecular formula is C14H13ClFNO3S. The van der Waals surface area contributed by atoms with Crippen molar-refractivity contribution in [2.24, 2.45) is 0 Å². The Balaban J connectivity index is 2.19. The second-order valence-corrected chi connectivity index (χ2v) is 6.52. The number of halogens is 2. The van der Waals surface area contributed by atoms with Crippen molar-refractivity contribution < 1.29 is 17.9 Å². The fourth-order valence-corrected chi connectivity index (χ4v) is 3.30. The molecular weight excluding hydrogens is 317 g/mol. The molecule has 0 saturated carbocycles. The van der Waals surface area contributed by atoms with Gasteiger partial charge in [-0.05, 0) is 29.3 Å². The van der Waals surface area contributed by atoms with Gasteiger partial charge in [0.25, 0.3) is 0 Å². The van der Waals surface area contributed by atoms with Crippen molar-refractivity contribution in [1.29, 1.82) is 0 Å². The number of benzene rings is 2. The van der Waals surface area contributed by atoms with Crippen molar-refractivity contribution in [3.8, 4) is 0 Å². The van der Waals surface area contributed by atoms with Gasteiger partial charge in [0.2, 0.25) is 10.0 Å². The first-order valence-electron chi connectivity index (χ1n) is 6.06. The maximum atomic E-state index is 13.2. The highest BCUT2D eigenvalue weighted by molar-refractivity contribution is 7.89. The molecule has 2 aromatic rings. The van der Waals surface area contributed by atoms with E-state index in [-0.39, 0.29) is 23.1 Å². The third-order valence-electron chi connectivity index (χ3n) is 2.82. The van der Waals surface area contributed by atoms with Gasteiger partial charge < -0.3 is 5.11 Å². The van der Waals surface area contributed by atoms with Gasteiger partial charge in [0.05, 0.1) is 11.6 Å². The largest absolute Gasteiger partial charge is 0.392 e. The molecule has 0 saturated heterocycles. The zero-order chi connectivity index (χ0) is 15.5. The number of hydrogen-bond acceptors (Lipinski definition) is 3. The van der Waals surface area contributed by atoms with Crippen molar-refractivity contribution in [3.05, 3.63) is 64.4 Å². The topological polar surface area (TPSA) is 66.4 Å². The van der Waals surface area contributed by atoms with Crippen LogP contribution in [0.4, 0.5) is 4.39 Å². The summed E-state index contributed by atoms with van der Waals surface area (Å²) in [4.78, 5) is -0.303. The van der Waals surface area contributed by atoms with E-state index < -0.39 is 15.8 Å². The molecule has 0 unspecified atom stereocenters. The summed E-state index contributed by atoms with van der Waals surface area (Å²) in [6, 6.07) is 9.98. The van der Waals surface area contributed by atoms with Crippen molar-refractivity contribution in [1.82, 2.24) is 4.72 Å². The molecule has 0 aliphatic heterocycles. The summed E-state index contributed by atoms with van der Waals surface area (Å²) in [5, 5.41) is 8.99. The van der Waals surface area contributed by atoms with Crippen molar-refractivity contribution >= 4 is 21.6 Å². The van der Waals surface area contributed by atoms with Crippen molar-refractivity contribution in [2.45, 2.75) is 18.0 Å². The third kappa shape index (κ3) is 4.01. The molecule has 7 heteroatoms. The number of sulfonamides is 1. The minimum absolute atomic E-state index is 0.0169. The zero-order valence-corrected chi connectivity index (χ0v) is 12.5. The van der Waals surface area contributed by atoms with Crippen LogP contribution < -0.4 is 4.72 Å². The molecule has 2 N–H and O–H groups in total. The summed E-state index contributed by atoms with van der Waals surface area (Å²) in [6.07, 6.45) is 0. The molecule has 0 atom stereocenters. The van der Waals surface area contributed by atoms with Crippen molar-refractivity contribution in [2.75, 3.05) is 0 Å². The van der Waals surface area contributed by atoms with Crippen LogP contribution in [0.2, 0.25) is 5.02 Å². The number of rotatable bonds is 5. The predicted octanol–water partition coefficient (Wildman–Crippen LogP) is 2.45. The van der Waals surface area contributed by atoms with Gasteiger partial charge in [0.1, 0.15) is 10.7 Å². The van der Waals surface area contributed by atoms with E-state index in [4.69, 9.17) is 16.7 Å². The van der Waals surface area contributed by atoms with Crippen LogP contribution in [0.1, 0.15) is 11.1 Å². The fourth-order valence-electron chi connectivity index (χ4n) is 1.78. The molecule has 0 radical (unpaired) electrons. The van der Waals surface area contributed by atoms with Crippen LogP contribution in [-0.2, 0) is 23.2 Å². The van der Waals surface area contributed by atoms with Gasteiger partial charge >= 0.3 is 0 Å². The molecule has 112 valence electrons. The minimum Gasteiger partial charge on any atom is -0.392 e. The normalized spacial score (nSPS) is 11.6. The smallest absolute Gasteiger partial charge is 0.242 e. The highest BCUT2D eigenvalue weighted by Gasteiger charge is 2.18. The number of hydrogen-bond donors (Lipinski definition) is 2. The van der Waals surface area contributed by atoms with Crippen LogP contribution in [0.15, 0.2) is 47.4 Å². The second kappa shape index (κ2) is 6.53. The van der Waals surface area contributed by atoms with Gasteiger partial charge in [-0.3, -0.25) is 0 Å². The van der Waals surface area contributed by atoms with E-state index in [1.807, 2.05) is 0 Å². The maximum absolute atomic E-state index is 13.2. The van der Waals surface area contributed by atoms with Gasteiger partial charge in [-0.2, -0.15) is 0 Å². The summed E-state index contributed by atoms with van der Waals surface area (Å²) in [7, 11) is -3.92. The van der Waals surface area contributed by atoms with E-state index >= 15 is 0 Å². The average Bonchev–Trinajstić information content (AvgIpc) is 2.48. The number of aliphatic hydroxyl groups is 1. The van der Waals surface area contributed by atoms with Gasteiger partial charge in [-0.15, -0.1) is 0 Å². The Morgan fingerprint density at radius 1 is 1.14 bits per heavy atom. The van der Waals surface area contributed by atoms with Gasteiger partial charge in [0.15, 0.2) is 0 Å². The Kier molecular flexibility index (Phi) is 4.95. The molecule has 21 heavy (non-hydrogen) atoms. The lowest BCUT2D eigenvalue weighted by Gasteiger charge is -2.09. The van der Waals surface area contributed by atoms with Gasteiger partial charge in [0, 0.05) is 6.54 Å². The molecule has 0 aliphatic carbocycles. The molecule has 0 aliphatic rings. The maximum Gasteiger partial charge on any atom is 0.242 e. The molecule has 0 heterocycles. The minimum atomic E-state index is -3.92. The van der Waals surface area contributed by atoms with Crippen LogP contribution in [0.5, 0.6) is 0 Å². The summed E-state index contributed by atoms with van der Waals surface area (Å²) in [5.41, 5.74) is 1.35. The summed E-state index contributed by atoms with van der Waals surface area (Å²) < 4.78 is 39.8. The Labute approximate surface area is 127 Å². The predicted molar refractivity (Wildman–Crippen MR) is 77.8 cm³/mol. The second-order valence-electron chi connectivity index (χ2n) is 4.38. The van der Waals surface area contributed by atoms with E-state index in [1.54, 1.807) is 24.3 Å². The van der Waals surface area contributed by atoms with Crippen LogP contribution >= 0.6 is 11.6 Å². The lowest BCUT2D eigenvalue weighted by Crippen LogP contribution is -2.23. The average molecular weight is 330 g/mol. The van der Waals surface area contributed by atoms with E-state index in [0.717, 1.165) is 12.1 Å². The van der Waals surface area contributed by atoms with Crippen LogP contribution in [0, 0.1) is 5.82 Å². The first kappa shape index (κ1) is 15.9. The van der Waals surface area contributed by atoms with E-state index in [2.05, 4.69) is 4.72 Å². The number of aliphatic hydroxyl groups excluding tert-OH is 1. The Hall–Kier alpha value is -1.47. The highest BCUT2D eigenvalue weighted by Crippen LogP contribution is 2.22. The standard InChI is InChI=1S/C14H13ClFNO3S/c15-13-5-4-12(16)7-14(13)21(19,20)17-8-10-2-1-3-11(6-10)9-18/h1-7,17-18H,8-9H2. The van der Waals surface area contributed by atoms with E-state index in [1.165, 1.54) is 6.07 Å². The summed E-state index contributed by atoms with van der Waals surface area (Å²) in [5.74, 6) is -0.679. The first-order chi connectivity index (χ1) is 9.92. The lowest BCUT2D eigenvalue weighted by molar-refractivity contribution is 0.281. The van der Waals surface area contributed by atoms with Crippen LogP contribution in [0.3, 0.4) is 0 Å². The molecule has 4 nitrogen and oxygen atoms in total. The van der Waals surface area contributed by atoms with Crippen molar-refractivity contribution in [3.63, 3.8) is 0 Å².